The Morgan fingerprint density at radius 1 is 1.24 bits per heavy atom. The average Bonchev–Trinajstić information content (AvgIpc) is 3.03. The molecular formula is C20H22N2O6S. The summed E-state index contributed by atoms with van der Waals surface area (Å²) in [6, 6.07) is 5.85. The average molecular weight is 418 g/mol. The third-order valence-electron chi connectivity index (χ3n) is 4.39. The van der Waals surface area contributed by atoms with Crippen molar-refractivity contribution in [3.05, 3.63) is 50.4 Å². The maximum Gasteiger partial charge on any atom is 0.341 e. The maximum atomic E-state index is 12.6. The molecule has 3 rings (SSSR count). The first-order valence-electron chi connectivity index (χ1n) is 9.38. The highest BCUT2D eigenvalue weighted by atomic mass is 32.1. The van der Waals surface area contributed by atoms with Crippen LogP contribution in [0.25, 0.3) is 0 Å². The number of benzene rings is 1. The van der Waals surface area contributed by atoms with Crippen LogP contribution in [0.15, 0.2) is 24.3 Å². The van der Waals surface area contributed by atoms with Crippen molar-refractivity contribution in [3.63, 3.8) is 0 Å². The molecule has 0 fully saturated rings. The largest absolute Gasteiger partial charge is 0.477 e. The van der Waals surface area contributed by atoms with E-state index in [-0.39, 0.29) is 17.5 Å². The predicted molar refractivity (Wildman–Crippen MR) is 109 cm³/mol. The number of hydrogen-bond donors (Lipinski definition) is 1. The van der Waals surface area contributed by atoms with Crippen LogP contribution in [0.2, 0.25) is 0 Å². The number of ether oxygens (including phenoxy) is 2. The molecule has 0 atom stereocenters. The highest BCUT2D eigenvalue weighted by Crippen LogP contribution is 2.38. The van der Waals surface area contributed by atoms with E-state index in [0.717, 1.165) is 36.1 Å². The third kappa shape index (κ3) is 4.92. The molecule has 0 aliphatic heterocycles. The fourth-order valence-corrected chi connectivity index (χ4v) is 4.47. The second-order valence-corrected chi connectivity index (χ2v) is 8.04. The summed E-state index contributed by atoms with van der Waals surface area (Å²) in [5.41, 5.74) is 1.15. The standard InChI is InChI=1S/C20H22N2O6S/c1-12(2)28-20(24)18-13-7-3-6-10-16(13)29-19(18)21-17(23)11-27-15-9-5-4-8-14(15)22(25)26/h4-5,8-9,12H,3,6-7,10-11H2,1-2H3,(H,21,23). The summed E-state index contributed by atoms with van der Waals surface area (Å²) >= 11 is 1.38. The molecule has 0 radical (unpaired) electrons. The Balaban J connectivity index is 1.76. The zero-order valence-corrected chi connectivity index (χ0v) is 17.0. The number of para-hydroxylation sites is 2. The first-order valence-corrected chi connectivity index (χ1v) is 10.2. The first-order chi connectivity index (χ1) is 13.9. The summed E-state index contributed by atoms with van der Waals surface area (Å²) < 4.78 is 10.7. The van der Waals surface area contributed by atoms with Crippen molar-refractivity contribution in [3.8, 4) is 5.75 Å². The summed E-state index contributed by atoms with van der Waals surface area (Å²) in [5, 5.41) is 14.2. The monoisotopic (exact) mass is 418 g/mol. The van der Waals surface area contributed by atoms with Gasteiger partial charge in [-0.2, -0.15) is 0 Å². The highest BCUT2D eigenvalue weighted by Gasteiger charge is 2.28. The molecule has 29 heavy (non-hydrogen) atoms. The van der Waals surface area contributed by atoms with Gasteiger partial charge in [-0.05, 0) is 51.2 Å². The zero-order chi connectivity index (χ0) is 21.0. The summed E-state index contributed by atoms with van der Waals surface area (Å²) in [6.45, 7) is 3.14. The molecule has 8 nitrogen and oxygen atoms in total. The Kier molecular flexibility index (Phi) is 6.48. The molecule has 2 aromatic rings. The van der Waals surface area contributed by atoms with E-state index in [4.69, 9.17) is 9.47 Å². The molecule has 1 aliphatic carbocycles. The number of nitro groups is 1. The second-order valence-electron chi connectivity index (χ2n) is 6.93. The van der Waals surface area contributed by atoms with Gasteiger partial charge in [0, 0.05) is 10.9 Å². The van der Waals surface area contributed by atoms with Gasteiger partial charge in [0.1, 0.15) is 5.00 Å². The number of esters is 1. The van der Waals surface area contributed by atoms with Gasteiger partial charge < -0.3 is 14.8 Å². The van der Waals surface area contributed by atoms with E-state index in [1.54, 1.807) is 19.9 Å². The normalized spacial score (nSPS) is 12.9. The SMILES string of the molecule is CC(C)OC(=O)c1c(NC(=O)COc2ccccc2[N+](=O)[O-])sc2c1CCCC2. The second kappa shape index (κ2) is 9.04. The van der Waals surface area contributed by atoms with E-state index in [2.05, 4.69) is 5.32 Å². The van der Waals surface area contributed by atoms with E-state index in [1.165, 1.54) is 29.5 Å². The molecule has 1 N–H and O–H groups in total. The smallest absolute Gasteiger partial charge is 0.341 e. The quantitative estimate of drug-likeness (QED) is 0.412. The van der Waals surface area contributed by atoms with Crippen molar-refractivity contribution < 1.29 is 24.0 Å². The van der Waals surface area contributed by atoms with Crippen LogP contribution < -0.4 is 10.1 Å². The Morgan fingerprint density at radius 3 is 2.69 bits per heavy atom. The summed E-state index contributed by atoms with van der Waals surface area (Å²) in [4.78, 5) is 36.6. The number of amides is 1. The van der Waals surface area contributed by atoms with Gasteiger partial charge in [-0.25, -0.2) is 4.79 Å². The van der Waals surface area contributed by atoms with E-state index < -0.39 is 23.4 Å². The van der Waals surface area contributed by atoms with Crippen molar-refractivity contribution in [1.82, 2.24) is 0 Å². The number of aryl methyl sites for hydroxylation is 1. The molecule has 0 bridgehead atoms. The van der Waals surface area contributed by atoms with Gasteiger partial charge in [-0.1, -0.05) is 12.1 Å². The molecule has 1 aliphatic rings. The van der Waals surface area contributed by atoms with Crippen molar-refractivity contribution in [2.24, 2.45) is 0 Å². The fourth-order valence-electron chi connectivity index (χ4n) is 3.18. The number of nitrogens with zero attached hydrogens (tertiary/aromatic N) is 1. The molecule has 1 aromatic heterocycles. The zero-order valence-electron chi connectivity index (χ0n) is 16.2. The van der Waals surface area contributed by atoms with Crippen LogP contribution in [-0.4, -0.2) is 29.5 Å². The lowest BCUT2D eigenvalue weighted by Crippen LogP contribution is -2.22. The molecule has 1 amide bonds. The molecule has 0 spiro atoms. The number of rotatable bonds is 7. The number of anilines is 1. The molecule has 0 saturated carbocycles. The number of fused-ring (bicyclic) bond motifs is 1. The lowest BCUT2D eigenvalue weighted by Gasteiger charge is -2.14. The van der Waals surface area contributed by atoms with Gasteiger partial charge in [-0.15, -0.1) is 11.3 Å². The Bertz CT molecular complexity index is 937. The first kappa shape index (κ1) is 20.8. The molecule has 0 unspecified atom stereocenters. The van der Waals surface area contributed by atoms with Crippen LogP contribution in [0.4, 0.5) is 10.7 Å². The Morgan fingerprint density at radius 2 is 1.97 bits per heavy atom. The van der Waals surface area contributed by atoms with E-state index in [0.29, 0.717) is 10.6 Å². The topological polar surface area (TPSA) is 108 Å². The minimum atomic E-state index is -0.569. The van der Waals surface area contributed by atoms with Crippen LogP contribution >= 0.6 is 11.3 Å². The maximum absolute atomic E-state index is 12.6. The number of nitro benzene ring substituents is 1. The van der Waals surface area contributed by atoms with Crippen LogP contribution in [0.5, 0.6) is 5.75 Å². The lowest BCUT2D eigenvalue weighted by molar-refractivity contribution is -0.385. The van der Waals surface area contributed by atoms with Crippen molar-refractivity contribution in [2.75, 3.05) is 11.9 Å². The van der Waals surface area contributed by atoms with Gasteiger partial charge in [0.2, 0.25) is 0 Å². The van der Waals surface area contributed by atoms with Crippen molar-refractivity contribution >= 4 is 33.9 Å². The van der Waals surface area contributed by atoms with E-state index in [9.17, 15) is 19.7 Å². The van der Waals surface area contributed by atoms with Gasteiger partial charge in [0.25, 0.3) is 5.91 Å². The number of nitrogens with one attached hydrogen (secondary N) is 1. The fraction of sp³-hybridized carbons (Fsp3) is 0.400. The van der Waals surface area contributed by atoms with Gasteiger partial charge in [0.05, 0.1) is 16.6 Å². The molecule has 0 saturated heterocycles. The summed E-state index contributed by atoms with van der Waals surface area (Å²) in [5.74, 6) is -0.938. The minimum Gasteiger partial charge on any atom is -0.477 e. The number of carbonyl (C=O) groups excluding carboxylic acids is 2. The Hall–Kier alpha value is -2.94. The van der Waals surface area contributed by atoms with Gasteiger partial charge in [-0.3, -0.25) is 14.9 Å². The van der Waals surface area contributed by atoms with E-state index >= 15 is 0 Å². The molecule has 1 heterocycles. The lowest BCUT2D eigenvalue weighted by atomic mass is 9.95. The van der Waals surface area contributed by atoms with Gasteiger partial charge >= 0.3 is 11.7 Å². The van der Waals surface area contributed by atoms with Crippen LogP contribution in [0, 0.1) is 10.1 Å². The molecule has 1 aromatic carbocycles. The third-order valence-corrected chi connectivity index (χ3v) is 5.60. The number of thiophene rings is 1. The summed E-state index contributed by atoms with van der Waals surface area (Å²) in [6.07, 6.45) is 3.40. The van der Waals surface area contributed by atoms with Gasteiger partial charge in [0.15, 0.2) is 12.4 Å². The number of carbonyl (C=O) groups is 2. The van der Waals surface area contributed by atoms with Crippen molar-refractivity contribution in [1.29, 1.82) is 0 Å². The van der Waals surface area contributed by atoms with Crippen LogP contribution in [-0.2, 0) is 22.4 Å². The molecular weight excluding hydrogens is 396 g/mol. The van der Waals surface area contributed by atoms with E-state index in [1.807, 2.05) is 0 Å². The Labute approximate surface area is 172 Å². The van der Waals surface area contributed by atoms with Crippen LogP contribution in [0.3, 0.4) is 0 Å². The predicted octanol–water partition coefficient (Wildman–Crippen LogP) is 4.12. The minimum absolute atomic E-state index is 0.0116. The highest BCUT2D eigenvalue weighted by molar-refractivity contribution is 7.17. The van der Waals surface area contributed by atoms with Crippen molar-refractivity contribution in [2.45, 2.75) is 45.6 Å². The number of hydrogen-bond acceptors (Lipinski definition) is 7. The van der Waals surface area contributed by atoms with Crippen LogP contribution in [0.1, 0.15) is 47.5 Å². The summed E-state index contributed by atoms with van der Waals surface area (Å²) in [7, 11) is 0. The molecule has 154 valence electrons. The molecule has 9 heteroatoms.